The van der Waals surface area contributed by atoms with Crippen LogP contribution < -0.4 is 5.32 Å². The number of hydrogen-bond acceptors (Lipinski definition) is 2. The second-order valence-corrected chi connectivity index (χ2v) is 5.76. The van der Waals surface area contributed by atoms with Crippen LogP contribution in [-0.2, 0) is 9.59 Å². The minimum Gasteiger partial charge on any atom is -0.343 e. The van der Waals surface area contributed by atoms with Crippen molar-refractivity contribution >= 4 is 11.8 Å². The van der Waals surface area contributed by atoms with E-state index >= 15 is 0 Å². The zero-order valence-corrected chi connectivity index (χ0v) is 11.4. The van der Waals surface area contributed by atoms with E-state index < -0.39 is 0 Å². The van der Waals surface area contributed by atoms with Gasteiger partial charge in [0.05, 0.1) is 6.54 Å². The highest BCUT2D eigenvalue weighted by molar-refractivity contribution is 5.94. The van der Waals surface area contributed by atoms with Crippen molar-refractivity contribution in [3.05, 3.63) is 0 Å². The molecule has 1 heterocycles. The van der Waals surface area contributed by atoms with Gasteiger partial charge in [0.15, 0.2) is 0 Å². The van der Waals surface area contributed by atoms with Crippen molar-refractivity contribution in [2.24, 2.45) is 5.92 Å². The highest BCUT2D eigenvalue weighted by Crippen LogP contribution is 2.27. The molecule has 1 saturated carbocycles. The third-order valence-corrected chi connectivity index (χ3v) is 4.31. The smallest absolute Gasteiger partial charge is 0.245 e. The normalized spacial score (nSPS) is 34.1. The molecule has 2 amide bonds. The Kier molecular flexibility index (Phi) is 4.25. The predicted molar refractivity (Wildman–Crippen MR) is 70.0 cm³/mol. The summed E-state index contributed by atoms with van der Waals surface area (Å²) in [4.78, 5) is 25.8. The molecule has 0 aromatic heterocycles. The molecule has 2 rings (SSSR count). The lowest BCUT2D eigenvalue weighted by atomic mass is 10.0. The number of hydrogen-bond donors (Lipinski definition) is 1. The first-order valence-electron chi connectivity index (χ1n) is 7.21. The monoisotopic (exact) mass is 252 g/mol. The molecule has 2 aliphatic rings. The third kappa shape index (κ3) is 2.85. The SMILES string of the molecule is CCC1NC(=O)CN(C2CCCC(C)CC2)C1=O. The number of nitrogens with zero attached hydrogens (tertiary/aromatic N) is 1. The molecule has 0 spiro atoms. The quantitative estimate of drug-likeness (QED) is 0.760. The lowest BCUT2D eigenvalue weighted by molar-refractivity contribution is -0.147. The van der Waals surface area contributed by atoms with Gasteiger partial charge in [-0.3, -0.25) is 9.59 Å². The Bertz CT molecular complexity index is 330. The van der Waals surface area contributed by atoms with Gasteiger partial charge < -0.3 is 10.2 Å². The van der Waals surface area contributed by atoms with Gasteiger partial charge in [0.2, 0.25) is 11.8 Å². The lowest BCUT2D eigenvalue weighted by Gasteiger charge is -2.37. The van der Waals surface area contributed by atoms with E-state index in [1.807, 2.05) is 11.8 Å². The van der Waals surface area contributed by atoms with E-state index in [4.69, 9.17) is 0 Å². The molecule has 0 aromatic rings. The molecular weight excluding hydrogens is 228 g/mol. The van der Waals surface area contributed by atoms with Crippen molar-refractivity contribution in [1.82, 2.24) is 10.2 Å². The van der Waals surface area contributed by atoms with Crippen LogP contribution in [-0.4, -0.2) is 35.3 Å². The zero-order chi connectivity index (χ0) is 13.1. The van der Waals surface area contributed by atoms with Crippen LogP contribution in [0, 0.1) is 5.92 Å². The summed E-state index contributed by atoms with van der Waals surface area (Å²) in [6, 6.07) is -0.0190. The largest absolute Gasteiger partial charge is 0.343 e. The minimum absolute atomic E-state index is 0.00116. The molecule has 1 aliphatic carbocycles. The van der Waals surface area contributed by atoms with E-state index in [1.165, 1.54) is 19.3 Å². The Balaban J connectivity index is 2.05. The molecule has 1 N–H and O–H groups in total. The topological polar surface area (TPSA) is 49.4 Å². The van der Waals surface area contributed by atoms with Crippen molar-refractivity contribution in [3.8, 4) is 0 Å². The minimum atomic E-state index is -0.299. The average Bonchev–Trinajstić information content (AvgIpc) is 2.56. The Hall–Kier alpha value is -1.06. The molecule has 4 nitrogen and oxygen atoms in total. The Morgan fingerprint density at radius 3 is 2.72 bits per heavy atom. The van der Waals surface area contributed by atoms with E-state index in [1.54, 1.807) is 0 Å². The maximum Gasteiger partial charge on any atom is 0.245 e. The van der Waals surface area contributed by atoms with Crippen LogP contribution >= 0.6 is 0 Å². The molecule has 3 unspecified atom stereocenters. The van der Waals surface area contributed by atoms with Gasteiger partial charge in [0.25, 0.3) is 0 Å². The first kappa shape index (κ1) is 13.4. The number of carbonyl (C=O) groups excluding carboxylic acids is 2. The van der Waals surface area contributed by atoms with Gasteiger partial charge in [-0.05, 0) is 31.6 Å². The summed E-state index contributed by atoms with van der Waals surface area (Å²) >= 11 is 0. The third-order valence-electron chi connectivity index (χ3n) is 4.31. The van der Waals surface area contributed by atoms with Gasteiger partial charge in [-0.15, -0.1) is 0 Å². The van der Waals surface area contributed by atoms with Gasteiger partial charge in [-0.2, -0.15) is 0 Å². The Morgan fingerprint density at radius 1 is 1.22 bits per heavy atom. The molecule has 2 fully saturated rings. The highest BCUT2D eigenvalue weighted by Gasteiger charge is 2.35. The van der Waals surface area contributed by atoms with E-state index in [2.05, 4.69) is 12.2 Å². The van der Waals surface area contributed by atoms with Crippen LogP contribution in [0.15, 0.2) is 0 Å². The zero-order valence-electron chi connectivity index (χ0n) is 11.4. The van der Waals surface area contributed by atoms with Gasteiger partial charge in [-0.1, -0.05) is 26.7 Å². The number of nitrogens with one attached hydrogen (secondary N) is 1. The van der Waals surface area contributed by atoms with E-state index in [0.29, 0.717) is 6.42 Å². The van der Waals surface area contributed by atoms with Crippen molar-refractivity contribution in [1.29, 1.82) is 0 Å². The number of amides is 2. The van der Waals surface area contributed by atoms with E-state index in [0.717, 1.165) is 18.8 Å². The van der Waals surface area contributed by atoms with Crippen molar-refractivity contribution in [3.63, 3.8) is 0 Å². The van der Waals surface area contributed by atoms with Crippen LogP contribution in [0.5, 0.6) is 0 Å². The molecule has 4 heteroatoms. The van der Waals surface area contributed by atoms with Crippen molar-refractivity contribution in [2.75, 3.05) is 6.54 Å². The van der Waals surface area contributed by atoms with Crippen molar-refractivity contribution < 1.29 is 9.59 Å². The van der Waals surface area contributed by atoms with Gasteiger partial charge in [0, 0.05) is 6.04 Å². The molecule has 0 bridgehead atoms. The maximum atomic E-state index is 12.3. The van der Waals surface area contributed by atoms with Gasteiger partial charge in [-0.25, -0.2) is 0 Å². The highest BCUT2D eigenvalue weighted by atomic mass is 16.2. The van der Waals surface area contributed by atoms with E-state index in [9.17, 15) is 9.59 Å². The van der Waals surface area contributed by atoms with E-state index in [-0.39, 0.29) is 30.4 Å². The summed E-state index contributed by atoms with van der Waals surface area (Å²) in [5, 5.41) is 2.78. The molecule has 0 radical (unpaired) electrons. The van der Waals surface area contributed by atoms with Crippen LogP contribution in [0.25, 0.3) is 0 Å². The fourth-order valence-electron chi connectivity index (χ4n) is 3.10. The molecule has 1 aliphatic heterocycles. The number of carbonyl (C=O) groups is 2. The fourth-order valence-corrected chi connectivity index (χ4v) is 3.10. The summed E-state index contributed by atoms with van der Waals surface area (Å²) in [6.07, 6.45) is 6.39. The standard InChI is InChI=1S/C14H24N2O2/c1-3-12-14(18)16(9-13(17)15-12)11-6-4-5-10(2)7-8-11/h10-12H,3-9H2,1-2H3,(H,15,17). The summed E-state index contributed by atoms with van der Waals surface area (Å²) in [7, 11) is 0. The molecule has 3 atom stereocenters. The number of rotatable bonds is 2. The van der Waals surface area contributed by atoms with Crippen LogP contribution in [0.2, 0.25) is 0 Å². The Labute approximate surface area is 109 Å². The fraction of sp³-hybridized carbons (Fsp3) is 0.857. The van der Waals surface area contributed by atoms with Gasteiger partial charge in [0.1, 0.15) is 6.04 Å². The van der Waals surface area contributed by atoms with Crippen LogP contribution in [0.3, 0.4) is 0 Å². The summed E-state index contributed by atoms with van der Waals surface area (Å²) < 4.78 is 0. The molecule has 0 aromatic carbocycles. The second-order valence-electron chi connectivity index (χ2n) is 5.76. The molecule has 18 heavy (non-hydrogen) atoms. The maximum absolute atomic E-state index is 12.3. The van der Waals surface area contributed by atoms with Crippen molar-refractivity contribution in [2.45, 2.75) is 64.5 Å². The average molecular weight is 252 g/mol. The lowest BCUT2D eigenvalue weighted by Crippen LogP contribution is -2.60. The Morgan fingerprint density at radius 2 is 2.00 bits per heavy atom. The van der Waals surface area contributed by atoms with Gasteiger partial charge >= 0.3 is 0 Å². The summed E-state index contributed by atoms with van der Waals surface area (Å²) in [6.45, 7) is 4.48. The summed E-state index contributed by atoms with van der Waals surface area (Å²) in [5.41, 5.74) is 0. The second kappa shape index (κ2) is 5.72. The number of piperazine rings is 1. The van der Waals surface area contributed by atoms with Crippen LogP contribution in [0.1, 0.15) is 52.4 Å². The molecule has 102 valence electrons. The molecule has 1 saturated heterocycles. The summed E-state index contributed by atoms with van der Waals surface area (Å²) in [5.74, 6) is 0.876. The first-order chi connectivity index (χ1) is 8.61. The first-order valence-corrected chi connectivity index (χ1v) is 7.21. The molecular formula is C14H24N2O2. The van der Waals surface area contributed by atoms with Crippen LogP contribution in [0.4, 0.5) is 0 Å². The predicted octanol–water partition coefficient (Wildman–Crippen LogP) is 1.69.